The van der Waals surface area contributed by atoms with Crippen LogP contribution in [0.5, 0.6) is 0 Å². The molecule has 0 unspecified atom stereocenters. The molecule has 0 nitrogen and oxygen atoms in total. The molecule has 0 bridgehead atoms. The van der Waals surface area contributed by atoms with Crippen LogP contribution in [0.1, 0.15) is 38.5 Å². The van der Waals surface area contributed by atoms with Gasteiger partial charge in [-0.1, -0.05) is 25.0 Å². The monoisotopic (exact) mass is 194 g/mol. The van der Waals surface area contributed by atoms with E-state index in [1.807, 2.05) is 0 Å². The van der Waals surface area contributed by atoms with Gasteiger partial charge in [0, 0.05) is 0 Å². The molecule has 1 saturated carbocycles. The Hall–Kier alpha value is 0.0900. The van der Waals surface area contributed by atoms with Crippen molar-refractivity contribution < 1.29 is 0 Å². The fourth-order valence-electron chi connectivity index (χ4n) is 3.72. The van der Waals surface area contributed by atoms with Gasteiger partial charge < -0.3 is 0 Å². The van der Waals surface area contributed by atoms with Gasteiger partial charge in [0.05, 0.1) is 0 Å². The van der Waals surface area contributed by atoms with Crippen LogP contribution in [0.3, 0.4) is 0 Å². The molecule has 1 heteroatoms. The first-order valence-corrected chi connectivity index (χ1v) is 6.75. The minimum Gasteiger partial charge on any atom is -0.161 e. The largest absolute Gasteiger partial charge is 0.161 e. The zero-order valence-electron chi connectivity index (χ0n) is 8.22. The van der Waals surface area contributed by atoms with E-state index in [1.165, 1.54) is 50.0 Å². The topological polar surface area (TPSA) is 0 Å². The van der Waals surface area contributed by atoms with Crippen LogP contribution in [0.15, 0.2) is 12.2 Å². The summed E-state index contributed by atoms with van der Waals surface area (Å²) in [5.41, 5.74) is 1.48. The zero-order valence-corrected chi connectivity index (χ0v) is 9.04. The quantitative estimate of drug-likeness (QED) is 0.531. The molecule has 0 radical (unpaired) electrons. The average Bonchev–Trinajstić information content (AvgIpc) is 2.56. The van der Waals surface area contributed by atoms with E-state index in [-0.39, 0.29) is 0 Å². The molecule has 13 heavy (non-hydrogen) atoms. The maximum atomic E-state index is 2.45. The van der Waals surface area contributed by atoms with Crippen LogP contribution < -0.4 is 0 Å². The van der Waals surface area contributed by atoms with Crippen LogP contribution in [-0.2, 0) is 0 Å². The molecule has 2 aliphatic carbocycles. The summed E-state index contributed by atoms with van der Waals surface area (Å²) in [5.74, 6) is 2.91. The fraction of sp³-hybridized carbons (Fsp3) is 0.833. The van der Waals surface area contributed by atoms with Crippen molar-refractivity contribution in [1.29, 1.82) is 0 Å². The van der Waals surface area contributed by atoms with Crippen LogP contribution in [0, 0.1) is 10.8 Å². The number of allylic oxidation sites excluding steroid dienone is 2. The van der Waals surface area contributed by atoms with E-state index in [1.54, 1.807) is 0 Å². The van der Waals surface area contributed by atoms with Crippen molar-refractivity contribution in [3.05, 3.63) is 12.2 Å². The minimum atomic E-state index is 0.741. The van der Waals surface area contributed by atoms with Gasteiger partial charge in [-0.15, -0.1) is 0 Å². The molecule has 0 aromatic heterocycles. The molecule has 1 saturated heterocycles. The van der Waals surface area contributed by atoms with Crippen LogP contribution in [-0.4, -0.2) is 11.5 Å². The molecule has 3 rings (SSSR count). The van der Waals surface area contributed by atoms with E-state index in [0.29, 0.717) is 0 Å². The summed E-state index contributed by atoms with van der Waals surface area (Å²) >= 11 is 2.23. The lowest BCUT2D eigenvalue weighted by Crippen LogP contribution is -2.44. The van der Waals surface area contributed by atoms with Crippen molar-refractivity contribution in [2.24, 2.45) is 10.8 Å². The summed E-state index contributed by atoms with van der Waals surface area (Å²) < 4.78 is 0. The molecule has 0 amide bonds. The van der Waals surface area contributed by atoms with E-state index in [4.69, 9.17) is 0 Å². The summed E-state index contributed by atoms with van der Waals surface area (Å²) in [6, 6.07) is 0. The maximum absolute atomic E-state index is 2.45. The van der Waals surface area contributed by atoms with Crippen LogP contribution in [0.25, 0.3) is 0 Å². The average molecular weight is 194 g/mol. The molecule has 0 N–H and O–H groups in total. The molecule has 2 fully saturated rings. The lowest BCUT2D eigenvalue weighted by Gasteiger charge is -2.50. The first kappa shape index (κ1) is 8.40. The first-order chi connectivity index (χ1) is 6.37. The number of rotatable bonds is 0. The highest BCUT2D eigenvalue weighted by Gasteiger charge is 2.55. The van der Waals surface area contributed by atoms with E-state index >= 15 is 0 Å². The number of thioether (sulfide) groups is 1. The molecule has 72 valence electrons. The van der Waals surface area contributed by atoms with E-state index in [2.05, 4.69) is 23.9 Å². The van der Waals surface area contributed by atoms with E-state index in [0.717, 1.165) is 10.8 Å². The molecular weight excluding hydrogens is 176 g/mol. The first-order valence-electron chi connectivity index (χ1n) is 5.60. The number of hydrogen-bond acceptors (Lipinski definition) is 1. The lowest BCUT2D eigenvalue weighted by molar-refractivity contribution is 0.0342. The molecule has 1 heterocycles. The van der Waals surface area contributed by atoms with Crippen molar-refractivity contribution in [3.8, 4) is 0 Å². The predicted octanol–water partition coefficient (Wildman–Crippen LogP) is 3.63. The highest BCUT2D eigenvalue weighted by Crippen LogP contribution is 2.63. The molecule has 1 aliphatic heterocycles. The van der Waals surface area contributed by atoms with Crippen molar-refractivity contribution in [2.45, 2.75) is 38.5 Å². The third-order valence-electron chi connectivity index (χ3n) is 4.63. The third kappa shape index (κ3) is 1.000. The van der Waals surface area contributed by atoms with Gasteiger partial charge >= 0.3 is 0 Å². The Labute approximate surface area is 85.2 Å². The van der Waals surface area contributed by atoms with E-state index < -0.39 is 0 Å². The Morgan fingerprint density at radius 1 is 0.846 bits per heavy atom. The molecular formula is C12H18S. The Bertz CT molecular complexity index is 222. The van der Waals surface area contributed by atoms with Gasteiger partial charge in [0.15, 0.2) is 0 Å². The molecule has 0 aromatic rings. The number of hydrogen-bond donors (Lipinski definition) is 0. The SMILES string of the molecule is C1=CC[C@]23CCCC[C@@]2(C1)CSC3. The van der Waals surface area contributed by atoms with Gasteiger partial charge in [0.1, 0.15) is 0 Å². The van der Waals surface area contributed by atoms with Gasteiger partial charge in [-0.25, -0.2) is 0 Å². The maximum Gasteiger partial charge on any atom is -0.000189 e. The normalized spacial score (nSPS) is 48.6. The third-order valence-corrected chi connectivity index (χ3v) is 6.14. The summed E-state index contributed by atoms with van der Waals surface area (Å²) in [6.07, 6.45) is 13.7. The summed E-state index contributed by atoms with van der Waals surface area (Å²) in [5, 5.41) is 0. The highest BCUT2D eigenvalue weighted by molar-refractivity contribution is 7.99. The molecule has 2 atom stereocenters. The second-order valence-electron chi connectivity index (χ2n) is 5.14. The van der Waals surface area contributed by atoms with Crippen LogP contribution >= 0.6 is 11.8 Å². The van der Waals surface area contributed by atoms with Gasteiger partial charge in [-0.05, 0) is 48.0 Å². The van der Waals surface area contributed by atoms with Crippen molar-refractivity contribution in [3.63, 3.8) is 0 Å². The smallest absolute Gasteiger partial charge is 0.000189 e. The van der Waals surface area contributed by atoms with Gasteiger partial charge in [-0.3, -0.25) is 0 Å². The molecule has 0 spiro atoms. The standard InChI is InChI=1S/C12H18S/c1-2-6-12-8-4-3-7-11(12,5-1)9-13-10-12/h1-2H,3-10H2/t11-,12+. The Kier molecular flexibility index (Phi) is 1.80. The lowest BCUT2D eigenvalue weighted by atomic mass is 9.53. The van der Waals surface area contributed by atoms with Crippen LogP contribution in [0.2, 0.25) is 0 Å². The fourth-order valence-corrected chi connectivity index (χ4v) is 5.74. The summed E-state index contributed by atoms with van der Waals surface area (Å²) in [6.45, 7) is 0. The van der Waals surface area contributed by atoms with Crippen molar-refractivity contribution in [1.82, 2.24) is 0 Å². The van der Waals surface area contributed by atoms with Crippen molar-refractivity contribution >= 4 is 11.8 Å². The molecule has 3 aliphatic rings. The Morgan fingerprint density at radius 3 is 1.92 bits per heavy atom. The Balaban J connectivity index is 2.02. The molecule has 0 aromatic carbocycles. The van der Waals surface area contributed by atoms with E-state index in [9.17, 15) is 0 Å². The summed E-state index contributed by atoms with van der Waals surface area (Å²) in [7, 11) is 0. The second kappa shape index (κ2) is 2.79. The van der Waals surface area contributed by atoms with Gasteiger partial charge in [0.2, 0.25) is 0 Å². The second-order valence-corrected chi connectivity index (χ2v) is 6.13. The van der Waals surface area contributed by atoms with Crippen LogP contribution in [0.4, 0.5) is 0 Å². The van der Waals surface area contributed by atoms with Crippen molar-refractivity contribution in [2.75, 3.05) is 11.5 Å². The minimum absolute atomic E-state index is 0.741. The predicted molar refractivity (Wildman–Crippen MR) is 59.0 cm³/mol. The zero-order chi connectivity index (χ0) is 8.78. The van der Waals surface area contributed by atoms with Gasteiger partial charge in [-0.2, -0.15) is 11.8 Å². The Morgan fingerprint density at radius 2 is 1.38 bits per heavy atom. The highest BCUT2D eigenvalue weighted by atomic mass is 32.2. The summed E-state index contributed by atoms with van der Waals surface area (Å²) in [4.78, 5) is 0. The van der Waals surface area contributed by atoms with Gasteiger partial charge in [0.25, 0.3) is 0 Å².